The lowest BCUT2D eigenvalue weighted by Gasteiger charge is -2.34. The maximum absolute atomic E-state index is 13.9. The Morgan fingerprint density at radius 1 is 0.535 bits per heavy atom. The molecule has 0 aromatic heterocycles. The fourth-order valence-corrected chi connectivity index (χ4v) is 5.02. The maximum atomic E-state index is 13.9. The first-order valence-electron chi connectivity index (χ1n) is 15.9. The van der Waals surface area contributed by atoms with Crippen LogP contribution in [0.5, 0.6) is 0 Å². The van der Waals surface area contributed by atoms with E-state index in [9.17, 15) is 29.1 Å². The van der Waals surface area contributed by atoms with Crippen molar-refractivity contribution in [3.63, 3.8) is 0 Å². The maximum Gasteiger partial charge on any atom is 0.326 e. The van der Waals surface area contributed by atoms with Crippen LogP contribution in [0.4, 0.5) is 0 Å². The molecule has 0 spiro atoms. The van der Waals surface area contributed by atoms with Gasteiger partial charge in [-0.2, -0.15) is 0 Å². The molecule has 0 aliphatic rings. The molecule has 11 heteroatoms. The molecule has 0 bridgehead atoms. The second-order valence-corrected chi connectivity index (χ2v) is 14.0. The van der Waals surface area contributed by atoms with E-state index in [-0.39, 0.29) is 41.9 Å². The van der Waals surface area contributed by atoms with E-state index >= 15 is 0 Å². The van der Waals surface area contributed by atoms with Crippen molar-refractivity contribution in [1.29, 1.82) is 0 Å². The summed E-state index contributed by atoms with van der Waals surface area (Å²) in [6.07, 6.45) is 1.89. The van der Waals surface area contributed by atoms with Gasteiger partial charge in [-0.1, -0.05) is 69.2 Å². The monoisotopic (exact) mass is 611 g/mol. The molecule has 250 valence electrons. The average Bonchev–Trinajstić information content (AvgIpc) is 2.86. The smallest absolute Gasteiger partial charge is 0.326 e. The first kappa shape index (κ1) is 40.3. The highest BCUT2D eigenvalue weighted by Crippen LogP contribution is 2.17. The third kappa shape index (κ3) is 15.6. The number of rotatable bonds is 20. The van der Waals surface area contributed by atoms with E-state index in [4.69, 9.17) is 0 Å². The molecule has 0 rings (SSSR count). The minimum atomic E-state index is -1.13. The van der Waals surface area contributed by atoms with Gasteiger partial charge in [-0.3, -0.25) is 19.2 Å². The minimum Gasteiger partial charge on any atom is -0.480 e. The summed E-state index contributed by atoms with van der Waals surface area (Å²) in [7, 11) is 3.23. The lowest BCUT2D eigenvalue weighted by atomic mass is 9.97. The van der Waals surface area contributed by atoms with Gasteiger partial charge in [0.05, 0.1) is 6.04 Å². The van der Waals surface area contributed by atoms with Gasteiger partial charge in [-0.05, 0) is 68.7 Å². The number of aliphatic carboxylic acids is 1. The van der Waals surface area contributed by atoms with Crippen molar-refractivity contribution in [2.75, 3.05) is 14.1 Å². The minimum absolute atomic E-state index is 0.0362. The molecule has 0 saturated heterocycles. The molecule has 4 amide bonds. The van der Waals surface area contributed by atoms with E-state index in [2.05, 4.69) is 21.3 Å². The number of likely N-dealkylation sites (N-methyl/N-ethyl adjacent to an activating group) is 2. The van der Waals surface area contributed by atoms with Crippen LogP contribution in [-0.2, 0) is 24.0 Å². The Hall–Kier alpha value is -2.69. The molecule has 43 heavy (non-hydrogen) atoms. The molecule has 0 aliphatic heterocycles. The molecule has 0 saturated carbocycles. The van der Waals surface area contributed by atoms with Gasteiger partial charge in [0.2, 0.25) is 23.6 Å². The number of carbonyl (C=O) groups is 5. The summed E-state index contributed by atoms with van der Waals surface area (Å²) in [6.45, 7) is 19.4. The van der Waals surface area contributed by atoms with Crippen molar-refractivity contribution < 1.29 is 29.1 Å². The van der Waals surface area contributed by atoms with Gasteiger partial charge in [0, 0.05) is 7.05 Å². The van der Waals surface area contributed by atoms with Gasteiger partial charge < -0.3 is 31.3 Å². The summed E-state index contributed by atoms with van der Waals surface area (Å²) >= 11 is 0. The summed E-state index contributed by atoms with van der Waals surface area (Å²) in [5.41, 5.74) is 0. The van der Waals surface area contributed by atoms with Gasteiger partial charge in [-0.15, -0.1) is 0 Å². The van der Waals surface area contributed by atoms with Crippen LogP contribution < -0.4 is 21.3 Å². The standard InChI is InChI=1S/C32H61N5O6/c1-18(2)13-23(33-11)28(38)34-24(14-19(3)4)29(39)35-25(15-20(5)6)31(41)37(12)27(17-22(9)10)30(40)36-26(32(42)43)16-21(7)8/h18-27,33H,13-17H2,1-12H3,(H,34,38)(H,35,39)(H,36,40)(H,42,43)/t23-,24+,25-,26+,27-/m0/s1. The molecule has 11 nitrogen and oxygen atoms in total. The number of amides is 4. The number of nitrogens with one attached hydrogen (secondary N) is 4. The zero-order valence-corrected chi connectivity index (χ0v) is 28.7. The molecule has 0 unspecified atom stereocenters. The fraction of sp³-hybridized carbons (Fsp3) is 0.844. The van der Waals surface area contributed by atoms with Crippen molar-refractivity contribution in [2.45, 2.75) is 132 Å². The third-order valence-corrected chi connectivity index (χ3v) is 7.17. The summed E-state index contributed by atoms with van der Waals surface area (Å²) in [5, 5.41) is 21.1. The Bertz CT molecular complexity index is 905. The molecule has 5 N–H and O–H groups in total. The largest absolute Gasteiger partial charge is 0.480 e. The molecule has 0 radical (unpaired) electrons. The number of hydrogen-bond acceptors (Lipinski definition) is 6. The van der Waals surface area contributed by atoms with Crippen LogP contribution in [0.15, 0.2) is 0 Å². The molecule has 0 aromatic carbocycles. The van der Waals surface area contributed by atoms with E-state index in [0.29, 0.717) is 25.7 Å². The predicted molar refractivity (Wildman–Crippen MR) is 170 cm³/mol. The van der Waals surface area contributed by atoms with E-state index in [0.717, 1.165) is 0 Å². The highest BCUT2D eigenvalue weighted by molar-refractivity contribution is 5.95. The quantitative estimate of drug-likeness (QED) is 0.142. The van der Waals surface area contributed by atoms with Gasteiger partial charge in [0.25, 0.3) is 0 Å². The lowest BCUT2D eigenvalue weighted by molar-refractivity contribution is -0.146. The molecular weight excluding hydrogens is 550 g/mol. The first-order chi connectivity index (χ1) is 19.8. The van der Waals surface area contributed by atoms with Crippen LogP contribution in [0.1, 0.15) is 101 Å². The van der Waals surface area contributed by atoms with Gasteiger partial charge in [0.15, 0.2) is 0 Å². The van der Waals surface area contributed by atoms with Gasteiger partial charge >= 0.3 is 5.97 Å². The van der Waals surface area contributed by atoms with Crippen LogP contribution in [-0.4, -0.2) is 83.9 Å². The lowest BCUT2D eigenvalue weighted by Crippen LogP contribution is -2.59. The van der Waals surface area contributed by atoms with Crippen LogP contribution in [0.2, 0.25) is 0 Å². The molecule has 5 atom stereocenters. The topological polar surface area (TPSA) is 157 Å². The Morgan fingerprint density at radius 3 is 1.30 bits per heavy atom. The highest BCUT2D eigenvalue weighted by Gasteiger charge is 2.36. The molecule has 0 fully saturated rings. The number of carboxylic acids is 1. The SMILES string of the molecule is CN[C@@H](CC(C)C)C(=O)N[C@H](CC(C)C)C(=O)N[C@@H](CC(C)C)C(=O)N(C)[C@@H](CC(C)C)C(=O)N[C@H](CC(C)C)C(=O)O. The summed E-state index contributed by atoms with van der Waals surface area (Å²) in [6, 6.07) is -4.23. The summed E-state index contributed by atoms with van der Waals surface area (Å²) in [5.74, 6) is -2.35. The van der Waals surface area contributed by atoms with E-state index < -0.39 is 53.9 Å². The predicted octanol–water partition coefficient (Wildman–Crippen LogP) is 3.17. The molecule has 0 heterocycles. The van der Waals surface area contributed by atoms with Crippen molar-refractivity contribution >= 4 is 29.6 Å². The van der Waals surface area contributed by atoms with E-state index in [1.54, 1.807) is 7.05 Å². The van der Waals surface area contributed by atoms with Gasteiger partial charge in [-0.25, -0.2) is 4.79 Å². The van der Waals surface area contributed by atoms with Crippen molar-refractivity contribution in [1.82, 2.24) is 26.2 Å². The third-order valence-electron chi connectivity index (χ3n) is 7.17. The van der Waals surface area contributed by atoms with E-state index in [1.807, 2.05) is 69.2 Å². The van der Waals surface area contributed by atoms with Crippen LogP contribution in [0.3, 0.4) is 0 Å². The number of carbonyl (C=O) groups excluding carboxylic acids is 4. The van der Waals surface area contributed by atoms with Crippen molar-refractivity contribution in [2.24, 2.45) is 29.6 Å². The Morgan fingerprint density at radius 2 is 0.884 bits per heavy atom. The van der Waals surface area contributed by atoms with Crippen LogP contribution in [0, 0.1) is 29.6 Å². The van der Waals surface area contributed by atoms with Crippen LogP contribution >= 0.6 is 0 Å². The van der Waals surface area contributed by atoms with Gasteiger partial charge in [0.1, 0.15) is 24.2 Å². The summed E-state index contributed by atoms with van der Waals surface area (Å²) < 4.78 is 0. The Balaban J connectivity index is 6.12. The van der Waals surface area contributed by atoms with Crippen molar-refractivity contribution in [3.8, 4) is 0 Å². The van der Waals surface area contributed by atoms with Crippen molar-refractivity contribution in [3.05, 3.63) is 0 Å². The molecule has 0 aliphatic carbocycles. The Kier molecular flexibility index (Phi) is 18.3. The highest BCUT2D eigenvalue weighted by atomic mass is 16.4. The fourth-order valence-electron chi connectivity index (χ4n) is 5.02. The zero-order chi connectivity index (χ0) is 33.6. The normalized spacial score (nSPS) is 15.3. The number of nitrogens with zero attached hydrogens (tertiary/aromatic N) is 1. The second-order valence-electron chi connectivity index (χ2n) is 14.0. The van der Waals surface area contributed by atoms with Crippen LogP contribution in [0.25, 0.3) is 0 Å². The molecular formula is C32H61N5O6. The summed E-state index contributed by atoms with van der Waals surface area (Å²) in [4.78, 5) is 67.1. The number of hydrogen-bond donors (Lipinski definition) is 5. The Labute approximate surface area is 260 Å². The second kappa shape index (κ2) is 19.6. The van der Waals surface area contributed by atoms with E-state index in [1.165, 1.54) is 11.9 Å². The number of carboxylic acid groups (broad SMARTS) is 1. The first-order valence-corrected chi connectivity index (χ1v) is 15.9. The average molecular weight is 612 g/mol. The zero-order valence-electron chi connectivity index (χ0n) is 28.7. The molecule has 0 aromatic rings.